The number of aliphatic hydroxyl groups is 3. The number of hydrogen-bond donors (Lipinski definition) is 5. The minimum Gasteiger partial charge on any atom is -0.394 e. The first-order valence-electron chi connectivity index (χ1n) is 4.97. The van der Waals surface area contributed by atoms with E-state index in [1.54, 1.807) is 0 Å². The van der Waals surface area contributed by atoms with Crippen LogP contribution in [0.5, 0.6) is 0 Å². The van der Waals surface area contributed by atoms with Gasteiger partial charge in [-0.15, -0.1) is 0 Å². The smallest absolute Gasteiger partial charge is 0.234 e. The van der Waals surface area contributed by atoms with Gasteiger partial charge in [-0.1, -0.05) is 0 Å². The van der Waals surface area contributed by atoms with Crippen LogP contribution in [-0.4, -0.2) is 65.8 Å². The van der Waals surface area contributed by atoms with E-state index >= 15 is 0 Å². The van der Waals surface area contributed by atoms with Gasteiger partial charge in [0.25, 0.3) is 0 Å². The van der Waals surface area contributed by atoms with Gasteiger partial charge in [0.2, 0.25) is 5.91 Å². The molecule has 0 aromatic heterocycles. The number of nitrogens with two attached hydrogens (primary N) is 1. The lowest BCUT2D eigenvalue weighted by molar-refractivity contribution is -0.124. The highest BCUT2D eigenvalue weighted by Crippen LogP contribution is 2.07. The molecule has 0 rings (SSSR count). The van der Waals surface area contributed by atoms with Crippen molar-refractivity contribution in [1.82, 2.24) is 5.32 Å². The van der Waals surface area contributed by atoms with E-state index in [0.717, 1.165) is 0 Å². The summed E-state index contributed by atoms with van der Waals surface area (Å²) < 4.78 is 4.77. The molecular formula is C9H20N2O5. The van der Waals surface area contributed by atoms with Crippen molar-refractivity contribution in [2.75, 3.05) is 20.3 Å². The average Bonchev–Trinajstić information content (AvgIpc) is 2.29. The molecule has 0 heterocycles. The van der Waals surface area contributed by atoms with Crippen molar-refractivity contribution >= 4 is 5.91 Å². The van der Waals surface area contributed by atoms with E-state index in [0.29, 0.717) is 0 Å². The second-order valence-corrected chi connectivity index (χ2v) is 3.50. The van der Waals surface area contributed by atoms with Gasteiger partial charge in [-0.3, -0.25) is 4.79 Å². The molecule has 0 fully saturated rings. The molecule has 96 valence electrons. The van der Waals surface area contributed by atoms with Crippen molar-refractivity contribution in [3.05, 3.63) is 0 Å². The molecule has 3 unspecified atom stereocenters. The number of methoxy groups -OCH3 is 1. The molecule has 0 saturated carbocycles. The fourth-order valence-corrected chi connectivity index (χ4v) is 1.24. The largest absolute Gasteiger partial charge is 0.394 e. The highest BCUT2D eigenvalue weighted by molar-refractivity contribution is 5.78. The Kier molecular flexibility index (Phi) is 7.18. The van der Waals surface area contributed by atoms with Crippen LogP contribution in [0.2, 0.25) is 0 Å². The second-order valence-electron chi connectivity index (χ2n) is 3.50. The van der Waals surface area contributed by atoms with E-state index in [-0.39, 0.29) is 6.54 Å². The van der Waals surface area contributed by atoms with Crippen LogP contribution in [-0.2, 0) is 9.53 Å². The summed E-state index contributed by atoms with van der Waals surface area (Å²) in [6.45, 7) is 0.901. The Labute approximate surface area is 94.2 Å². The average molecular weight is 236 g/mol. The van der Waals surface area contributed by atoms with Crippen LogP contribution in [0.15, 0.2) is 0 Å². The van der Waals surface area contributed by atoms with Crippen molar-refractivity contribution in [2.45, 2.75) is 31.3 Å². The van der Waals surface area contributed by atoms with Gasteiger partial charge in [0.15, 0.2) is 0 Å². The Hall–Kier alpha value is -0.730. The third-order valence-electron chi connectivity index (χ3n) is 2.30. The first-order chi connectivity index (χ1) is 7.47. The molecule has 0 saturated heterocycles. The van der Waals surface area contributed by atoms with E-state index in [4.69, 9.17) is 15.6 Å². The highest BCUT2D eigenvalue weighted by Gasteiger charge is 2.30. The van der Waals surface area contributed by atoms with Gasteiger partial charge >= 0.3 is 0 Å². The molecular weight excluding hydrogens is 216 g/mol. The minimum atomic E-state index is -1.29. The molecule has 7 nitrogen and oxygen atoms in total. The summed E-state index contributed by atoms with van der Waals surface area (Å²) in [5, 5.41) is 30.5. The Morgan fingerprint density at radius 1 is 1.44 bits per heavy atom. The summed E-state index contributed by atoms with van der Waals surface area (Å²) in [5.74, 6) is -0.434. The van der Waals surface area contributed by atoms with Crippen molar-refractivity contribution < 1.29 is 24.9 Å². The third-order valence-corrected chi connectivity index (χ3v) is 2.30. The maximum absolute atomic E-state index is 10.9. The number of ether oxygens (including phenoxy) is 1. The van der Waals surface area contributed by atoms with Crippen molar-refractivity contribution in [1.29, 1.82) is 0 Å². The molecule has 6 N–H and O–H groups in total. The lowest BCUT2D eigenvalue weighted by Crippen LogP contribution is -2.52. The van der Waals surface area contributed by atoms with E-state index in [9.17, 15) is 15.0 Å². The van der Waals surface area contributed by atoms with Gasteiger partial charge in [0, 0.05) is 7.11 Å². The zero-order chi connectivity index (χ0) is 12.7. The molecule has 0 radical (unpaired) electrons. The number of carbonyl (C=O) groups is 1. The molecule has 0 aromatic rings. The molecule has 0 aliphatic rings. The first-order valence-corrected chi connectivity index (χ1v) is 4.97. The van der Waals surface area contributed by atoms with Crippen LogP contribution in [0.3, 0.4) is 0 Å². The van der Waals surface area contributed by atoms with E-state index in [2.05, 4.69) is 5.32 Å². The maximum atomic E-state index is 10.9. The number of hydrogen-bond acceptors (Lipinski definition) is 6. The maximum Gasteiger partial charge on any atom is 0.234 e. The summed E-state index contributed by atoms with van der Waals surface area (Å²) in [6.07, 6.45) is -3.43. The topological polar surface area (TPSA) is 125 Å². The Bertz CT molecular complexity index is 210. The molecule has 4 atom stereocenters. The predicted octanol–water partition coefficient (Wildman–Crippen LogP) is -2.82. The third kappa shape index (κ3) is 4.42. The van der Waals surface area contributed by atoms with Crippen LogP contribution in [0.1, 0.15) is 6.92 Å². The summed E-state index contributed by atoms with van der Waals surface area (Å²) in [5.41, 5.74) is 5.09. The van der Waals surface area contributed by atoms with E-state index < -0.39 is 36.9 Å². The molecule has 0 aromatic carbocycles. The van der Waals surface area contributed by atoms with Gasteiger partial charge in [-0.25, -0.2) is 0 Å². The van der Waals surface area contributed by atoms with Gasteiger partial charge in [-0.05, 0) is 6.92 Å². The first kappa shape index (κ1) is 15.3. The summed E-state index contributed by atoms with van der Waals surface area (Å²) in [4.78, 5) is 10.9. The van der Waals surface area contributed by atoms with Gasteiger partial charge in [0.1, 0.15) is 18.3 Å². The van der Waals surface area contributed by atoms with Crippen LogP contribution in [0, 0.1) is 0 Å². The lowest BCUT2D eigenvalue weighted by atomic mass is 10.0. The quantitative estimate of drug-likeness (QED) is 0.325. The Morgan fingerprint density at radius 3 is 2.38 bits per heavy atom. The van der Waals surface area contributed by atoms with Crippen LogP contribution < -0.4 is 11.1 Å². The van der Waals surface area contributed by atoms with Crippen molar-refractivity contribution in [3.8, 4) is 0 Å². The van der Waals surface area contributed by atoms with E-state index in [1.807, 2.05) is 0 Å². The second kappa shape index (κ2) is 7.53. The predicted molar refractivity (Wildman–Crippen MR) is 56.6 cm³/mol. The number of nitrogens with one attached hydrogen (secondary N) is 1. The van der Waals surface area contributed by atoms with Crippen molar-refractivity contribution in [2.24, 2.45) is 5.73 Å². The highest BCUT2D eigenvalue weighted by atomic mass is 16.5. The number of amides is 1. The number of rotatable bonds is 7. The number of aliphatic hydroxyl groups excluding tert-OH is 3. The minimum absolute atomic E-state index is 0.194. The van der Waals surface area contributed by atoms with Gasteiger partial charge in [0.05, 0.1) is 19.2 Å². The molecule has 7 heteroatoms. The normalized spacial score (nSPS) is 18.6. The molecule has 0 aliphatic heterocycles. The summed E-state index contributed by atoms with van der Waals surface area (Å²) >= 11 is 0. The Morgan fingerprint density at radius 2 is 2.00 bits per heavy atom. The standard InChI is InChI=1S/C9H20N2O5/c1-5(11-7(13)3-10)8(14)9(15)6(4-12)16-2/h5-6,8-9,12,14-15H,3-4,10H2,1-2H3,(H,11,13)/t5-,6?,8?,9?/m0/s1. The van der Waals surface area contributed by atoms with Gasteiger partial charge < -0.3 is 31.1 Å². The zero-order valence-electron chi connectivity index (χ0n) is 9.46. The fraction of sp³-hybridized carbons (Fsp3) is 0.889. The number of carbonyl (C=O) groups excluding carboxylic acids is 1. The van der Waals surface area contributed by atoms with Crippen LogP contribution in [0.25, 0.3) is 0 Å². The molecule has 16 heavy (non-hydrogen) atoms. The summed E-state index contributed by atoms with van der Waals surface area (Å²) in [7, 11) is 1.31. The monoisotopic (exact) mass is 236 g/mol. The molecule has 0 aliphatic carbocycles. The molecule has 1 amide bonds. The van der Waals surface area contributed by atoms with Gasteiger partial charge in [-0.2, -0.15) is 0 Å². The van der Waals surface area contributed by atoms with Crippen LogP contribution >= 0.6 is 0 Å². The Balaban J connectivity index is 4.29. The lowest BCUT2D eigenvalue weighted by Gasteiger charge is -2.28. The fourth-order valence-electron chi connectivity index (χ4n) is 1.24. The van der Waals surface area contributed by atoms with E-state index in [1.165, 1.54) is 14.0 Å². The summed E-state index contributed by atoms with van der Waals surface area (Å²) in [6, 6.07) is -0.685. The molecule has 0 bridgehead atoms. The van der Waals surface area contributed by atoms with Crippen LogP contribution in [0.4, 0.5) is 0 Å². The molecule has 0 spiro atoms. The van der Waals surface area contributed by atoms with Crippen molar-refractivity contribution in [3.63, 3.8) is 0 Å². The SMILES string of the molecule is COC(CO)C(O)C(O)[C@H](C)NC(=O)CN. The zero-order valence-corrected chi connectivity index (χ0v) is 9.46.